The minimum Gasteiger partial charge on any atom is -0.478 e. The predicted octanol–water partition coefficient (Wildman–Crippen LogP) is 1.91. The fourth-order valence-electron chi connectivity index (χ4n) is 2.51. The van der Waals surface area contributed by atoms with Crippen LogP contribution in [0.1, 0.15) is 59.4 Å². The standard InChI is InChI=1S/C19H26N2O7/c1-27-16(22)7-3-5-11-21(12-6-4-8-17(23)28-2)18(24)15-13-14(19(25)26)9-10-20-15/h9-10,13H,3-8,11-12H2,1-2H3,(H,25,26). The first-order valence-corrected chi connectivity index (χ1v) is 9.01. The molecule has 1 N–H and O–H groups in total. The number of aromatic nitrogens is 1. The van der Waals surface area contributed by atoms with Crippen LogP contribution in [-0.2, 0) is 19.1 Å². The molecule has 1 heterocycles. The molecule has 0 fully saturated rings. The topological polar surface area (TPSA) is 123 Å². The minimum absolute atomic E-state index is 0.0188. The zero-order valence-corrected chi connectivity index (χ0v) is 16.2. The van der Waals surface area contributed by atoms with Gasteiger partial charge in [0.2, 0.25) is 0 Å². The van der Waals surface area contributed by atoms with E-state index in [9.17, 15) is 19.2 Å². The largest absolute Gasteiger partial charge is 0.478 e. The summed E-state index contributed by atoms with van der Waals surface area (Å²) in [5, 5.41) is 9.09. The molecule has 154 valence electrons. The first-order valence-electron chi connectivity index (χ1n) is 9.01. The van der Waals surface area contributed by atoms with Gasteiger partial charge in [0, 0.05) is 32.1 Å². The van der Waals surface area contributed by atoms with E-state index in [1.54, 1.807) is 4.90 Å². The van der Waals surface area contributed by atoms with Crippen LogP contribution in [0.2, 0.25) is 0 Å². The fourth-order valence-corrected chi connectivity index (χ4v) is 2.51. The lowest BCUT2D eigenvalue weighted by atomic mass is 10.1. The number of amides is 1. The van der Waals surface area contributed by atoms with Crippen molar-refractivity contribution in [2.75, 3.05) is 27.3 Å². The molecule has 0 radical (unpaired) electrons. The second-order valence-electron chi connectivity index (χ2n) is 6.09. The number of rotatable bonds is 12. The van der Waals surface area contributed by atoms with Gasteiger partial charge in [-0.25, -0.2) is 4.79 Å². The van der Waals surface area contributed by atoms with E-state index in [4.69, 9.17) is 5.11 Å². The molecule has 0 saturated heterocycles. The number of pyridine rings is 1. The van der Waals surface area contributed by atoms with Crippen LogP contribution in [0.4, 0.5) is 0 Å². The Kier molecular flexibility index (Phi) is 10.2. The number of nitrogens with zero attached hydrogens (tertiary/aromatic N) is 2. The highest BCUT2D eigenvalue weighted by atomic mass is 16.5. The Bertz CT molecular complexity index is 667. The number of methoxy groups -OCH3 is 2. The van der Waals surface area contributed by atoms with E-state index >= 15 is 0 Å². The molecule has 9 heteroatoms. The van der Waals surface area contributed by atoms with Crippen molar-refractivity contribution in [2.45, 2.75) is 38.5 Å². The van der Waals surface area contributed by atoms with Crippen LogP contribution < -0.4 is 0 Å². The molecule has 0 atom stereocenters. The van der Waals surface area contributed by atoms with Crippen molar-refractivity contribution in [1.29, 1.82) is 0 Å². The fraction of sp³-hybridized carbons (Fsp3) is 0.526. The summed E-state index contributed by atoms with van der Waals surface area (Å²) in [6, 6.07) is 2.55. The maximum Gasteiger partial charge on any atom is 0.335 e. The summed E-state index contributed by atoms with van der Waals surface area (Å²) in [6.45, 7) is 0.764. The highest BCUT2D eigenvalue weighted by Crippen LogP contribution is 2.10. The quantitative estimate of drug-likeness (QED) is 0.421. The van der Waals surface area contributed by atoms with Crippen LogP contribution in [0.3, 0.4) is 0 Å². The molecule has 1 rings (SSSR count). The lowest BCUT2D eigenvalue weighted by Crippen LogP contribution is -2.34. The van der Waals surface area contributed by atoms with Crippen LogP contribution >= 0.6 is 0 Å². The second-order valence-corrected chi connectivity index (χ2v) is 6.09. The number of hydrogen-bond acceptors (Lipinski definition) is 7. The number of aromatic carboxylic acids is 1. The van der Waals surface area contributed by atoms with Gasteiger partial charge in [0.25, 0.3) is 5.91 Å². The average Bonchev–Trinajstić information content (AvgIpc) is 2.71. The highest BCUT2D eigenvalue weighted by Gasteiger charge is 2.18. The van der Waals surface area contributed by atoms with E-state index in [2.05, 4.69) is 14.5 Å². The number of unbranched alkanes of at least 4 members (excludes halogenated alkanes) is 2. The third-order valence-electron chi connectivity index (χ3n) is 4.09. The molecule has 0 bridgehead atoms. The molecular weight excluding hydrogens is 368 g/mol. The lowest BCUT2D eigenvalue weighted by molar-refractivity contribution is -0.141. The van der Waals surface area contributed by atoms with Crippen molar-refractivity contribution in [3.05, 3.63) is 29.6 Å². The number of hydrogen-bond donors (Lipinski definition) is 1. The Morgan fingerprint density at radius 2 is 1.50 bits per heavy atom. The summed E-state index contributed by atoms with van der Waals surface area (Å²) in [5.41, 5.74) is 0.0236. The normalized spacial score (nSPS) is 10.2. The Morgan fingerprint density at radius 1 is 0.964 bits per heavy atom. The van der Waals surface area contributed by atoms with Gasteiger partial charge in [-0.3, -0.25) is 19.4 Å². The van der Waals surface area contributed by atoms with E-state index < -0.39 is 5.97 Å². The number of carbonyl (C=O) groups excluding carboxylic acids is 3. The number of ether oxygens (including phenoxy) is 2. The van der Waals surface area contributed by atoms with Gasteiger partial charge < -0.3 is 19.5 Å². The number of esters is 2. The summed E-state index contributed by atoms with van der Waals surface area (Å²) < 4.78 is 9.19. The molecule has 0 aromatic carbocycles. The number of carboxylic acid groups (broad SMARTS) is 1. The van der Waals surface area contributed by atoms with Gasteiger partial charge in [-0.2, -0.15) is 0 Å². The Hall–Kier alpha value is -2.97. The third-order valence-corrected chi connectivity index (χ3v) is 4.09. The van der Waals surface area contributed by atoms with Crippen molar-refractivity contribution in [1.82, 2.24) is 9.88 Å². The lowest BCUT2D eigenvalue weighted by Gasteiger charge is -2.22. The Labute approximate surface area is 163 Å². The van der Waals surface area contributed by atoms with Gasteiger partial charge in [0.15, 0.2) is 0 Å². The summed E-state index contributed by atoms with van der Waals surface area (Å²) in [5.74, 6) is -2.16. The summed E-state index contributed by atoms with van der Waals surface area (Å²) >= 11 is 0. The molecule has 28 heavy (non-hydrogen) atoms. The zero-order chi connectivity index (χ0) is 20.9. The Balaban J connectivity index is 2.72. The SMILES string of the molecule is COC(=O)CCCCN(CCCCC(=O)OC)C(=O)c1cc(C(=O)O)ccn1. The minimum atomic E-state index is -1.14. The average molecular weight is 394 g/mol. The van der Waals surface area contributed by atoms with E-state index in [-0.39, 0.29) is 41.9 Å². The molecule has 0 unspecified atom stereocenters. The first-order chi connectivity index (χ1) is 13.4. The van der Waals surface area contributed by atoms with E-state index in [0.717, 1.165) is 0 Å². The molecule has 1 amide bonds. The molecular formula is C19H26N2O7. The summed E-state index contributed by atoms with van der Waals surface area (Å²) in [6.07, 6.45) is 4.07. The molecule has 0 spiro atoms. The van der Waals surface area contributed by atoms with E-state index in [0.29, 0.717) is 38.8 Å². The molecule has 0 aliphatic carbocycles. The van der Waals surface area contributed by atoms with Gasteiger partial charge in [0.1, 0.15) is 5.69 Å². The molecule has 0 saturated carbocycles. The van der Waals surface area contributed by atoms with Gasteiger partial charge >= 0.3 is 17.9 Å². The van der Waals surface area contributed by atoms with Crippen molar-refractivity contribution < 1.29 is 33.8 Å². The van der Waals surface area contributed by atoms with Crippen molar-refractivity contribution >= 4 is 23.8 Å². The van der Waals surface area contributed by atoms with E-state index in [1.807, 2.05) is 0 Å². The maximum absolute atomic E-state index is 12.8. The highest BCUT2D eigenvalue weighted by molar-refractivity contribution is 5.95. The maximum atomic E-state index is 12.8. The number of carboxylic acids is 1. The zero-order valence-electron chi connectivity index (χ0n) is 16.2. The smallest absolute Gasteiger partial charge is 0.335 e. The molecule has 1 aromatic rings. The second kappa shape index (κ2) is 12.4. The first kappa shape index (κ1) is 23.1. The molecule has 1 aromatic heterocycles. The van der Waals surface area contributed by atoms with Crippen LogP contribution in [0, 0.1) is 0 Å². The van der Waals surface area contributed by atoms with Gasteiger partial charge in [0.05, 0.1) is 19.8 Å². The third kappa shape index (κ3) is 8.15. The van der Waals surface area contributed by atoms with E-state index in [1.165, 1.54) is 32.5 Å². The van der Waals surface area contributed by atoms with Gasteiger partial charge in [-0.15, -0.1) is 0 Å². The Morgan fingerprint density at radius 3 is 1.96 bits per heavy atom. The van der Waals surface area contributed by atoms with Gasteiger partial charge in [-0.05, 0) is 37.8 Å². The number of carbonyl (C=O) groups is 4. The molecule has 0 aliphatic heterocycles. The van der Waals surface area contributed by atoms with Crippen LogP contribution in [0.25, 0.3) is 0 Å². The van der Waals surface area contributed by atoms with Crippen LogP contribution in [-0.4, -0.2) is 66.1 Å². The van der Waals surface area contributed by atoms with Crippen molar-refractivity contribution in [3.63, 3.8) is 0 Å². The summed E-state index contributed by atoms with van der Waals surface area (Å²) in [4.78, 5) is 51.8. The van der Waals surface area contributed by atoms with Crippen molar-refractivity contribution in [3.8, 4) is 0 Å². The van der Waals surface area contributed by atoms with Gasteiger partial charge in [-0.1, -0.05) is 0 Å². The monoisotopic (exact) mass is 394 g/mol. The van der Waals surface area contributed by atoms with Crippen molar-refractivity contribution in [2.24, 2.45) is 0 Å². The summed E-state index contributed by atoms with van der Waals surface area (Å²) in [7, 11) is 2.64. The van der Waals surface area contributed by atoms with Crippen LogP contribution in [0.5, 0.6) is 0 Å². The molecule has 9 nitrogen and oxygen atoms in total. The van der Waals surface area contributed by atoms with Crippen LogP contribution in [0.15, 0.2) is 18.3 Å². The molecule has 0 aliphatic rings. The predicted molar refractivity (Wildman–Crippen MR) is 98.8 cm³/mol.